The van der Waals surface area contributed by atoms with Crippen molar-refractivity contribution in [3.63, 3.8) is 0 Å². The van der Waals surface area contributed by atoms with E-state index in [0.29, 0.717) is 13.0 Å². The fourth-order valence-corrected chi connectivity index (χ4v) is 6.84. The van der Waals surface area contributed by atoms with Crippen LogP contribution in [0.3, 0.4) is 0 Å². The summed E-state index contributed by atoms with van der Waals surface area (Å²) in [7, 11) is 1.70. The molecule has 0 bridgehead atoms. The normalized spacial score (nSPS) is 25.9. The van der Waals surface area contributed by atoms with Crippen molar-refractivity contribution >= 4 is 34.0 Å². The van der Waals surface area contributed by atoms with Gasteiger partial charge in [0.1, 0.15) is 41.3 Å². The molecular formula is C28H30ClF5N6O3. The predicted octanol–water partition coefficient (Wildman–Crippen LogP) is 5.01. The molecule has 0 amide bonds. The largest absolute Gasteiger partial charge is 0.471 e. The fraction of sp³-hybridized carbons (Fsp3) is 0.536. The van der Waals surface area contributed by atoms with E-state index in [9.17, 15) is 22.7 Å². The average Bonchev–Trinajstić information content (AvgIpc) is 3.45. The Bertz CT molecular complexity index is 1580. The average molecular weight is 629 g/mol. The maximum absolute atomic E-state index is 16.5. The third-order valence-corrected chi connectivity index (χ3v) is 8.97. The number of aliphatic hydroxyl groups excluding tert-OH is 1. The van der Waals surface area contributed by atoms with Crippen LogP contribution in [0, 0.1) is 5.82 Å². The predicted molar refractivity (Wildman–Crippen MR) is 150 cm³/mol. The number of rotatable bonds is 5. The SMILES string of the molecule is C[C@@H]1CC(CO)Oc2nc(-c3cc(N)cc(Cl)c3C(F)(F)F)c(F)c3nc(OC[C@@]45CCCN4C[C@H](F)C5)nc(c23)N1C. The minimum Gasteiger partial charge on any atom is -0.471 e. The molecule has 6 rings (SSSR count). The molecular weight excluding hydrogens is 599 g/mol. The van der Waals surface area contributed by atoms with Crippen molar-refractivity contribution in [2.75, 3.05) is 44.0 Å². The smallest absolute Gasteiger partial charge is 0.418 e. The zero-order valence-corrected chi connectivity index (χ0v) is 24.1. The maximum atomic E-state index is 16.5. The third kappa shape index (κ3) is 5.16. The summed E-state index contributed by atoms with van der Waals surface area (Å²) in [6.07, 6.45) is -4.64. The summed E-state index contributed by atoms with van der Waals surface area (Å²) in [5.41, 5.74) is 1.95. The van der Waals surface area contributed by atoms with Gasteiger partial charge in [0.05, 0.1) is 22.7 Å². The second kappa shape index (κ2) is 10.7. The number of hydrogen-bond acceptors (Lipinski definition) is 9. The molecule has 2 saturated heterocycles. The Balaban J connectivity index is 1.56. The molecule has 1 unspecified atom stereocenters. The highest BCUT2D eigenvalue weighted by Crippen LogP contribution is 2.46. The molecule has 0 aliphatic carbocycles. The second-order valence-electron chi connectivity index (χ2n) is 11.5. The number of ether oxygens (including phenoxy) is 2. The number of nitrogen functional groups attached to an aromatic ring is 1. The van der Waals surface area contributed by atoms with Crippen molar-refractivity contribution in [3.05, 3.63) is 28.5 Å². The van der Waals surface area contributed by atoms with Crippen LogP contribution in [0.2, 0.25) is 5.02 Å². The number of alkyl halides is 4. The number of nitrogens with zero attached hydrogens (tertiary/aromatic N) is 5. The van der Waals surface area contributed by atoms with Gasteiger partial charge in [-0.2, -0.15) is 23.1 Å². The van der Waals surface area contributed by atoms with E-state index in [4.69, 9.17) is 26.8 Å². The Hall–Kier alpha value is -3.23. The maximum Gasteiger partial charge on any atom is 0.418 e. The summed E-state index contributed by atoms with van der Waals surface area (Å²) < 4.78 is 85.4. The number of anilines is 2. The van der Waals surface area contributed by atoms with Gasteiger partial charge in [-0.05, 0) is 38.4 Å². The Labute approximate surface area is 248 Å². The number of fused-ring (bicyclic) bond motifs is 1. The lowest BCUT2D eigenvalue weighted by Gasteiger charge is -2.33. The molecule has 5 heterocycles. The lowest BCUT2D eigenvalue weighted by atomic mass is 9.95. The minimum atomic E-state index is -4.98. The third-order valence-electron chi connectivity index (χ3n) is 8.68. The van der Waals surface area contributed by atoms with E-state index in [1.807, 2.05) is 11.8 Å². The molecule has 0 spiro atoms. The molecule has 43 heavy (non-hydrogen) atoms. The topological polar surface area (TPSA) is 110 Å². The molecule has 4 atom stereocenters. The standard InChI is InChI=1S/C28H30ClF5N6O3/c1-13-6-16(11-41)43-25-19-23(21(31)22(36-25)17-7-15(35)8-18(29)20(17)28(32,33)34)37-26(38-24(19)39(13)2)42-12-27-4-3-5-40(27)10-14(30)9-27/h7-8,13-14,16,41H,3-6,9-12,35H2,1-2H3/t13-,14-,16?,27+/m1/s1. The molecule has 9 nitrogen and oxygen atoms in total. The Morgan fingerprint density at radius 3 is 2.74 bits per heavy atom. The van der Waals surface area contributed by atoms with E-state index in [1.165, 1.54) is 0 Å². The number of halogens is 6. The van der Waals surface area contributed by atoms with Gasteiger partial charge in [-0.15, -0.1) is 0 Å². The molecule has 3 aliphatic heterocycles. The minimum absolute atomic E-state index is 0.00463. The van der Waals surface area contributed by atoms with Gasteiger partial charge < -0.3 is 25.2 Å². The monoisotopic (exact) mass is 628 g/mol. The first-order valence-corrected chi connectivity index (χ1v) is 14.3. The summed E-state index contributed by atoms with van der Waals surface area (Å²) >= 11 is 5.96. The molecule has 15 heteroatoms. The van der Waals surface area contributed by atoms with Crippen LogP contribution in [0.5, 0.6) is 11.9 Å². The molecule has 1 aromatic carbocycles. The Morgan fingerprint density at radius 1 is 1.26 bits per heavy atom. The van der Waals surface area contributed by atoms with Crippen LogP contribution in [-0.4, -0.2) is 82.2 Å². The number of benzene rings is 1. The summed E-state index contributed by atoms with van der Waals surface area (Å²) in [6, 6.07) is 1.35. The fourth-order valence-electron chi connectivity index (χ4n) is 6.50. The van der Waals surface area contributed by atoms with Crippen LogP contribution < -0.4 is 20.1 Å². The first kappa shape index (κ1) is 29.8. The van der Waals surface area contributed by atoms with E-state index in [-0.39, 0.29) is 54.3 Å². The highest BCUT2D eigenvalue weighted by Gasteiger charge is 2.49. The molecule has 0 radical (unpaired) electrons. The second-order valence-corrected chi connectivity index (χ2v) is 11.9. The molecule has 3 aliphatic rings. The highest BCUT2D eigenvalue weighted by molar-refractivity contribution is 6.32. The van der Waals surface area contributed by atoms with E-state index in [2.05, 4.69) is 15.0 Å². The zero-order chi connectivity index (χ0) is 30.8. The van der Waals surface area contributed by atoms with Gasteiger partial charge in [-0.3, -0.25) is 4.90 Å². The van der Waals surface area contributed by atoms with Crippen LogP contribution >= 0.6 is 11.6 Å². The first-order valence-electron chi connectivity index (χ1n) is 13.9. The van der Waals surface area contributed by atoms with Gasteiger partial charge in [0, 0.05) is 43.7 Å². The van der Waals surface area contributed by atoms with Crippen LogP contribution in [0.15, 0.2) is 12.1 Å². The van der Waals surface area contributed by atoms with Gasteiger partial charge in [-0.25, -0.2) is 13.8 Å². The molecule has 2 fully saturated rings. The zero-order valence-electron chi connectivity index (χ0n) is 23.4. The van der Waals surface area contributed by atoms with Crippen molar-refractivity contribution in [3.8, 4) is 23.1 Å². The van der Waals surface area contributed by atoms with Crippen LogP contribution in [0.4, 0.5) is 33.5 Å². The van der Waals surface area contributed by atoms with E-state index in [0.717, 1.165) is 25.1 Å². The van der Waals surface area contributed by atoms with Gasteiger partial charge in [0.25, 0.3) is 0 Å². The van der Waals surface area contributed by atoms with Crippen molar-refractivity contribution in [2.24, 2.45) is 0 Å². The molecule has 0 saturated carbocycles. The number of aromatic nitrogens is 3. The van der Waals surface area contributed by atoms with Gasteiger partial charge >= 0.3 is 12.2 Å². The number of pyridine rings is 1. The van der Waals surface area contributed by atoms with E-state index >= 15 is 4.39 Å². The molecule has 2 aromatic heterocycles. The Morgan fingerprint density at radius 2 is 2.02 bits per heavy atom. The van der Waals surface area contributed by atoms with E-state index in [1.54, 1.807) is 11.9 Å². The highest BCUT2D eigenvalue weighted by atomic mass is 35.5. The summed E-state index contributed by atoms with van der Waals surface area (Å²) in [6.45, 7) is 2.50. The molecule has 3 aromatic rings. The van der Waals surface area contributed by atoms with Crippen LogP contribution in [-0.2, 0) is 6.18 Å². The van der Waals surface area contributed by atoms with Crippen molar-refractivity contribution < 1.29 is 36.5 Å². The van der Waals surface area contributed by atoms with Gasteiger partial charge in [0.2, 0.25) is 5.88 Å². The number of nitrogens with two attached hydrogens (primary N) is 1. The van der Waals surface area contributed by atoms with Crippen molar-refractivity contribution in [1.29, 1.82) is 0 Å². The Kier molecular flexibility index (Phi) is 7.45. The van der Waals surface area contributed by atoms with Crippen LogP contribution in [0.25, 0.3) is 22.2 Å². The van der Waals surface area contributed by atoms with Crippen molar-refractivity contribution in [1.82, 2.24) is 19.9 Å². The van der Waals surface area contributed by atoms with Gasteiger partial charge in [0.15, 0.2) is 5.82 Å². The number of aliphatic hydroxyl groups is 1. The van der Waals surface area contributed by atoms with Crippen molar-refractivity contribution in [2.45, 2.75) is 62.6 Å². The summed E-state index contributed by atoms with van der Waals surface area (Å²) in [5.74, 6) is -1.29. The quantitative estimate of drug-likeness (QED) is 0.298. The lowest BCUT2D eigenvalue weighted by Crippen LogP contribution is -2.43. The van der Waals surface area contributed by atoms with Gasteiger partial charge in [-0.1, -0.05) is 11.6 Å². The molecule has 232 valence electrons. The first-order chi connectivity index (χ1) is 20.3. The lowest BCUT2D eigenvalue weighted by molar-refractivity contribution is -0.137. The van der Waals surface area contributed by atoms with Crippen LogP contribution in [0.1, 0.15) is 38.2 Å². The van der Waals surface area contributed by atoms with E-state index < -0.39 is 63.8 Å². The molecule has 3 N–H and O–H groups in total. The summed E-state index contributed by atoms with van der Waals surface area (Å²) in [5, 5.41) is 9.24. The number of hydrogen-bond donors (Lipinski definition) is 2. The summed E-state index contributed by atoms with van der Waals surface area (Å²) in [4.78, 5) is 16.8.